The van der Waals surface area contributed by atoms with Gasteiger partial charge in [0.25, 0.3) is 0 Å². The van der Waals surface area contributed by atoms with E-state index in [2.05, 4.69) is 10.7 Å². The van der Waals surface area contributed by atoms with Gasteiger partial charge in [-0.15, -0.1) is 6.42 Å². The Labute approximate surface area is 39.9 Å². The van der Waals surface area contributed by atoms with Gasteiger partial charge in [-0.1, -0.05) is 5.66 Å². The zero-order valence-corrected chi connectivity index (χ0v) is 4.92. The quantitative estimate of drug-likeness (QED) is 0.381. The van der Waals surface area contributed by atoms with Crippen LogP contribution in [0.2, 0.25) is 0 Å². The van der Waals surface area contributed by atoms with Crippen LogP contribution in [0.1, 0.15) is 0 Å². The lowest BCUT2D eigenvalue weighted by Crippen LogP contribution is -1.91. The predicted octanol–water partition coefficient (Wildman–Crippen LogP) is 0.823. The van der Waals surface area contributed by atoms with Gasteiger partial charge in [0.15, 0.2) is 0 Å². The van der Waals surface area contributed by atoms with Crippen LogP contribution in [-0.2, 0) is 0 Å². The summed E-state index contributed by atoms with van der Waals surface area (Å²) in [7, 11) is 1.57. The van der Waals surface area contributed by atoms with Gasteiger partial charge in [-0.3, -0.25) is 5.09 Å². The van der Waals surface area contributed by atoms with Crippen LogP contribution in [-0.4, -0.2) is 13.7 Å². The summed E-state index contributed by atoms with van der Waals surface area (Å²) >= 11 is 0. The highest BCUT2D eigenvalue weighted by atomic mass is 31.1. The molecule has 0 spiro atoms. The Kier molecular flexibility index (Phi) is 3.13. The van der Waals surface area contributed by atoms with E-state index in [1.54, 1.807) is 0 Å². The van der Waals surface area contributed by atoms with E-state index in [9.17, 15) is 0 Å². The van der Waals surface area contributed by atoms with Crippen molar-refractivity contribution in [1.82, 2.24) is 5.09 Å². The van der Waals surface area contributed by atoms with Crippen LogP contribution in [0.3, 0.4) is 0 Å². The lowest BCUT2D eigenvalue weighted by Gasteiger charge is -1.95. The zero-order chi connectivity index (χ0) is 4.99. The Morgan fingerprint density at radius 3 is 2.33 bits per heavy atom. The van der Waals surface area contributed by atoms with Gasteiger partial charge in [0.2, 0.25) is 0 Å². The van der Waals surface area contributed by atoms with Crippen molar-refractivity contribution in [3.8, 4) is 12.1 Å². The Bertz CT molecular complexity index is 64.4. The van der Waals surface area contributed by atoms with E-state index in [4.69, 9.17) is 6.42 Å². The van der Waals surface area contributed by atoms with Crippen LogP contribution in [0.4, 0.5) is 0 Å². The fourth-order valence-electron chi connectivity index (χ4n) is 0.0645. The van der Waals surface area contributed by atoms with Crippen LogP contribution in [0, 0.1) is 12.1 Å². The maximum Gasteiger partial charge on any atom is 0.0377 e. The molecule has 1 atom stereocenters. The molecule has 0 heterocycles. The first-order valence-corrected chi connectivity index (χ1v) is 3.47. The van der Waals surface area contributed by atoms with E-state index in [1.165, 1.54) is 0 Å². The fraction of sp³-hybridized carbons (Fsp3) is 0.500. The average molecular weight is 101 g/mol. The number of terminal acetylenes is 1. The van der Waals surface area contributed by atoms with Crippen molar-refractivity contribution >= 4 is 8.07 Å². The number of hydrogen-bond acceptors (Lipinski definition) is 1. The molecule has 0 rings (SSSR count). The summed E-state index contributed by atoms with van der Waals surface area (Å²) in [5, 5.41) is 2.94. The largest absolute Gasteiger partial charge is 0.289 e. The Balaban J connectivity index is 3.04. The van der Waals surface area contributed by atoms with E-state index in [0.29, 0.717) is 0 Å². The van der Waals surface area contributed by atoms with Gasteiger partial charge in [0, 0.05) is 8.07 Å². The van der Waals surface area contributed by atoms with Gasteiger partial charge in [-0.2, -0.15) is 0 Å². The van der Waals surface area contributed by atoms with Gasteiger partial charge < -0.3 is 0 Å². The molecule has 0 fully saturated rings. The van der Waals surface area contributed by atoms with Crippen LogP contribution < -0.4 is 5.09 Å². The molecule has 34 valence electrons. The second kappa shape index (κ2) is 3.15. The topological polar surface area (TPSA) is 12.0 Å². The smallest absolute Gasteiger partial charge is 0.0377 e. The highest BCUT2D eigenvalue weighted by Crippen LogP contribution is 2.18. The normalized spacial score (nSPS) is 12.8. The molecule has 1 nitrogen and oxygen atoms in total. The number of rotatable bonds is 1. The Morgan fingerprint density at radius 1 is 1.83 bits per heavy atom. The molecule has 1 N–H and O–H groups in total. The van der Waals surface area contributed by atoms with Gasteiger partial charge in [-0.05, 0) is 13.7 Å². The van der Waals surface area contributed by atoms with Crippen molar-refractivity contribution in [3.63, 3.8) is 0 Å². The second-order valence-electron chi connectivity index (χ2n) is 0.912. The van der Waals surface area contributed by atoms with Crippen molar-refractivity contribution in [3.05, 3.63) is 0 Å². The van der Waals surface area contributed by atoms with Gasteiger partial charge in [-0.25, -0.2) is 0 Å². The van der Waals surface area contributed by atoms with Crippen LogP contribution in [0.5, 0.6) is 0 Å². The molecule has 0 saturated heterocycles. The molecule has 0 amide bonds. The molecule has 6 heavy (non-hydrogen) atoms. The second-order valence-corrected chi connectivity index (χ2v) is 2.74. The summed E-state index contributed by atoms with van der Waals surface area (Å²) in [6.45, 7) is 2.00. The van der Waals surface area contributed by atoms with Gasteiger partial charge in [0.05, 0.1) is 0 Å². The molecule has 0 radical (unpaired) electrons. The van der Waals surface area contributed by atoms with Crippen LogP contribution >= 0.6 is 8.07 Å². The molecule has 0 aromatic carbocycles. The molecule has 0 aromatic heterocycles. The first-order chi connectivity index (χ1) is 2.81. The van der Waals surface area contributed by atoms with E-state index in [-0.39, 0.29) is 8.07 Å². The molecular weight excluding hydrogens is 93.0 g/mol. The van der Waals surface area contributed by atoms with E-state index in [1.807, 2.05) is 13.7 Å². The molecule has 0 bridgehead atoms. The minimum Gasteiger partial charge on any atom is -0.289 e. The third-order valence-electron chi connectivity index (χ3n) is 0.529. The van der Waals surface area contributed by atoms with Crippen molar-refractivity contribution in [2.24, 2.45) is 0 Å². The molecule has 0 aliphatic heterocycles. The highest BCUT2D eigenvalue weighted by molar-refractivity contribution is 7.60. The molecule has 0 aliphatic rings. The molecule has 2 heteroatoms. The monoisotopic (exact) mass is 101 g/mol. The first kappa shape index (κ1) is 5.95. The van der Waals surface area contributed by atoms with E-state index < -0.39 is 0 Å². The number of nitrogens with one attached hydrogen (secondary N) is 1. The third kappa shape index (κ3) is 2.20. The van der Waals surface area contributed by atoms with Crippen LogP contribution in [0.15, 0.2) is 0 Å². The first-order valence-electron chi connectivity index (χ1n) is 1.68. The van der Waals surface area contributed by atoms with Crippen molar-refractivity contribution in [2.45, 2.75) is 0 Å². The van der Waals surface area contributed by atoms with E-state index in [0.717, 1.165) is 0 Å². The summed E-state index contributed by atoms with van der Waals surface area (Å²) in [6.07, 6.45) is 5.00. The van der Waals surface area contributed by atoms with Crippen molar-refractivity contribution < 1.29 is 0 Å². The zero-order valence-electron chi connectivity index (χ0n) is 4.02. The summed E-state index contributed by atoms with van der Waals surface area (Å²) in [4.78, 5) is 0. The Morgan fingerprint density at radius 2 is 2.33 bits per heavy atom. The molecular formula is C4H8NP. The number of hydrogen-bond donors (Lipinski definition) is 1. The predicted molar refractivity (Wildman–Crippen MR) is 30.7 cm³/mol. The van der Waals surface area contributed by atoms with E-state index >= 15 is 0 Å². The standard InChI is InChI=1S/C4H8NP/c1-4-6(3)5-2/h1,5H,2-3H3. The van der Waals surface area contributed by atoms with Gasteiger partial charge in [0.1, 0.15) is 0 Å². The molecule has 0 saturated carbocycles. The summed E-state index contributed by atoms with van der Waals surface area (Å²) in [5.74, 6) is 0. The maximum atomic E-state index is 5.00. The van der Waals surface area contributed by atoms with Crippen molar-refractivity contribution in [2.75, 3.05) is 13.7 Å². The lowest BCUT2D eigenvalue weighted by atomic mass is 11.4. The third-order valence-corrected chi connectivity index (χ3v) is 1.59. The maximum absolute atomic E-state index is 5.00. The van der Waals surface area contributed by atoms with Crippen LogP contribution in [0.25, 0.3) is 0 Å². The minimum absolute atomic E-state index is 0.298. The Hall–Kier alpha value is -0.0500. The SMILES string of the molecule is C#CP(C)NC. The summed E-state index contributed by atoms with van der Waals surface area (Å²) in [6, 6.07) is 0. The fourth-order valence-corrected chi connectivity index (χ4v) is 0.194. The average Bonchev–Trinajstić information content (AvgIpc) is 1.65. The molecule has 0 aromatic rings. The summed E-state index contributed by atoms with van der Waals surface area (Å²) in [5.41, 5.74) is 2.57. The van der Waals surface area contributed by atoms with Gasteiger partial charge >= 0.3 is 0 Å². The summed E-state index contributed by atoms with van der Waals surface area (Å²) < 4.78 is 0. The minimum atomic E-state index is -0.298. The highest BCUT2D eigenvalue weighted by Gasteiger charge is 1.82. The molecule has 1 unspecified atom stereocenters. The lowest BCUT2D eigenvalue weighted by molar-refractivity contribution is 1.28. The molecule has 0 aliphatic carbocycles. The van der Waals surface area contributed by atoms with Crippen molar-refractivity contribution in [1.29, 1.82) is 0 Å².